The second-order valence-corrected chi connectivity index (χ2v) is 12.6. The van der Waals surface area contributed by atoms with E-state index < -0.39 is 8.07 Å². The van der Waals surface area contributed by atoms with Gasteiger partial charge >= 0.3 is 26.2 Å². The first kappa shape index (κ1) is 26.1. The van der Waals surface area contributed by atoms with Crippen molar-refractivity contribution in [1.29, 1.82) is 0 Å². The van der Waals surface area contributed by atoms with Gasteiger partial charge in [0.2, 0.25) is 0 Å². The number of rotatable bonds is 5. The van der Waals surface area contributed by atoms with Crippen molar-refractivity contribution >= 4 is 8.07 Å². The summed E-state index contributed by atoms with van der Waals surface area (Å²) in [6.45, 7) is 13.2. The Morgan fingerprint density at radius 1 is 0.826 bits per heavy atom. The standard InChI is InChI=1S/C11H22Si.2C5H10.Zr/c1-6-8-9-11(7-2)10-12(3,4)5;2*1-2-4-5-3-1;/h2,6-9H2,1,3-5H3;2*1-5H2;/q-2;;;+4. The van der Waals surface area contributed by atoms with Gasteiger partial charge in [0.1, 0.15) is 0 Å². The SMILES string of the molecule is C1CCCC1.C1CCCC1.[CH2-]CC(=[C-][Si](C)(C)C)CCCC.[Zr+4]. The Hall–Kier alpha value is 0.840. The Kier molecular flexibility index (Phi) is 20.0. The number of unbranched alkanes of at least 4 members (excludes halogenated alkanes) is 1. The van der Waals surface area contributed by atoms with Crippen LogP contribution < -0.4 is 0 Å². The van der Waals surface area contributed by atoms with E-state index in [1.54, 1.807) is 0 Å². The Morgan fingerprint density at radius 3 is 1.39 bits per heavy atom. The zero-order chi connectivity index (χ0) is 16.7. The molecule has 0 bridgehead atoms. The molecule has 2 aliphatic carbocycles. The fourth-order valence-electron chi connectivity index (χ4n) is 2.94. The third kappa shape index (κ3) is 20.8. The van der Waals surface area contributed by atoms with E-state index >= 15 is 0 Å². The summed E-state index contributed by atoms with van der Waals surface area (Å²) in [6, 6.07) is 0. The quantitative estimate of drug-likeness (QED) is 0.317. The van der Waals surface area contributed by atoms with E-state index in [0.717, 1.165) is 6.42 Å². The van der Waals surface area contributed by atoms with Gasteiger partial charge in [-0.2, -0.15) is 6.42 Å². The second kappa shape index (κ2) is 17.7. The van der Waals surface area contributed by atoms with E-state index in [9.17, 15) is 0 Å². The predicted molar refractivity (Wildman–Crippen MR) is 106 cm³/mol. The van der Waals surface area contributed by atoms with Gasteiger partial charge in [-0.3, -0.25) is 5.57 Å². The van der Waals surface area contributed by atoms with Gasteiger partial charge in [0.25, 0.3) is 0 Å². The zero-order valence-corrected chi connectivity index (χ0v) is 20.1. The number of hydrogen-bond acceptors (Lipinski definition) is 0. The van der Waals surface area contributed by atoms with Crippen LogP contribution in [0.2, 0.25) is 19.6 Å². The van der Waals surface area contributed by atoms with Crippen LogP contribution >= 0.6 is 0 Å². The molecule has 0 aliphatic heterocycles. The van der Waals surface area contributed by atoms with Crippen LogP contribution in [0.15, 0.2) is 5.57 Å². The summed E-state index contributed by atoms with van der Waals surface area (Å²) in [4.78, 5) is 0. The molecule has 2 heteroatoms. The monoisotopic (exact) mass is 412 g/mol. The predicted octanol–water partition coefficient (Wildman–Crippen LogP) is 7.91. The molecule has 0 saturated heterocycles. The maximum absolute atomic E-state index is 3.95. The molecule has 0 unspecified atom stereocenters. The van der Waals surface area contributed by atoms with Gasteiger partial charge in [-0.05, 0) is 0 Å². The van der Waals surface area contributed by atoms with E-state index in [0.29, 0.717) is 0 Å². The van der Waals surface area contributed by atoms with Crippen molar-refractivity contribution in [2.75, 3.05) is 0 Å². The molecule has 0 heterocycles. The van der Waals surface area contributed by atoms with Crippen molar-refractivity contribution in [3.8, 4) is 0 Å². The summed E-state index contributed by atoms with van der Waals surface area (Å²) in [7, 11) is -1.12. The molecule has 0 spiro atoms. The minimum atomic E-state index is -1.12. The molecule has 23 heavy (non-hydrogen) atoms. The largest absolute Gasteiger partial charge is 4.00 e. The molecular weight excluding hydrogens is 372 g/mol. The maximum atomic E-state index is 3.95. The molecule has 132 valence electrons. The minimum absolute atomic E-state index is 0. The summed E-state index contributed by atoms with van der Waals surface area (Å²) in [5.41, 5.74) is 5.09. The molecular formula is C21H42SiZr+2. The molecule has 0 N–H and O–H groups in total. The van der Waals surface area contributed by atoms with Crippen LogP contribution in [0.5, 0.6) is 0 Å². The van der Waals surface area contributed by atoms with E-state index in [-0.39, 0.29) is 26.2 Å². The molecule has 0 atom stereocenters. The van der Waals surface area contributed by atoms with Gasteiger partial charge in [0, 0.05) is 0 Å². The first-order valence-corrected chi connectivity index (χ1v) is 13.4. The third-order valence-electron chi connectivity index (χ3n) is 4.19. The third-order valence-corrected chi connectivity index (χ3v) is 5.29. The van der Waals surface area contributed by atoms with Gasteiger partial charge in [-0.1, -0.05) is 110 Å². The van der Waals surface area contributed by atoms with Crippen molar-refractivity contribution in [2.24, 2.45) is 0 Å². The molecule has 2 aliphatic rings. The van der Waals surface area contributed by atoms with E-state index in [1.807, 2.05) is 0 Å². The Labute approximate surface area is 168 Å². The summed E-state index contributed by atoms with van der Waals surface area (Å²) >= 11 is 0. The summed E-state index contributed by atoms with van der Waals surface area (Å²) in [5.74, 6) is 0. The first-order valence-electron chi connectivity index (χ1n) is 9.91. The van der Waals surface area contributed by atoms with E-state index in [4.69, 9.17) is 0 Å². The molecule has 0 amide bonds. The first-order chi connectivity index (χ1) is 10.5. The van der Waals surface area contributed by atoms with Gasteiger partial charge < -0.3 is 12.6 Å². The summed E-state index contributed by atoms with van der Waals surface area (Å²) in [5, 5.41) is 0. The second-order valence-electron chi connectivity index (χ2n) is 7.87. The van der Waals surface area contributed by atoms with Crippen LogP contribution in [-0.4, -0.2) is 8.07 Å². The topological polar surface area (TPSA) is 0 Å². The summed E-state index contributed by atoms with van der Waals surface area (Å²) in [6.07, 6.45) is 19.7. The van der Waals surface area contributed by atoms with Crippen LogP contribution in [0.3, 0.4) is 0 Å². The molecule has 0 nitrogen and oxygen atoms in total. The number of allylic oxidation sites excluding steroid dienone is 1. The molecule has 0 aromatic heterocycles. The summed E-state index contributed by atoms with van der Waals surface area (Å²) < 4.78 is 0. The molecule has 2 saturated carbocycles. The van der Waals surface area contributed by atoms with Crippen LogP contribution in [0.25, 0.3) is 0 Å². The smallest absolute Gasteiger partial charge is 0.501 e. The molecule has 0 radical (unpaired) electrons. The average molecular weight is 414 g/mol. The van der Waals surface area contributed by atoms with E-state index in [2.05, 4.69) is 39.2 Å². The van der Waals surface area contributed by atoms with Crippen molar-refractivity contribution in [2.45, 2.75) is 116 Å². The molecule has 0 aromatic rings. The van der Waals surface area contributed by atoms with Gasteiger partial charge in [0.15, 0.2) is 0 Å². The number of hydrogen-bond donors (Lipinski definition) is 0. The molecule has 2 rings (SSSR count). The van der Waals surface area contributed by atoms with Crippen molar-refractivity contribution in [1.82, 2.24) is 0 Å². The van der Waals surface area contributed by atoms with Crippen molar-refractivity contribution < 1.29 is 26.2 Å². The fourth-order valence-corrected chi connectivity index (χ4v) is 4.25. The zero-order valence-electron chi connectivity index (χ0n) is 16.6. The normalized spacial score (nSPS) is 17.5. The van der Waals surface area contributed by atoms with Gasteiger partial charge in [-0.25, -0.2) is 0 Å². The van der Waals surface area contributed by atoms with Crippen LogP contribution in [0, 0.1) is 12.6 Å². The van der Waals surface area contributed by atoms with Crippen LogP contribution in [-0.2, 0) is 26.2 Å². The Bertz CT molecular complexity index is 232. The van der Waals surface area contributed by atoms with Crippen LogP contribution in [0.4, 0.5) is 0 Å². The van der Waals surface area contributed by atoms with Gasteiger partial charge in [-0.15, -0.1) is 8.07 Å². The van der Waals surface area contributed by atoms with Crippen molar-refractivity contribution in [3.63, 3.8) is 0 Å². The Morgan fingerprint density at radius 2 is 1.17 bits per heavy atom. The Balaban J connectivity index is 0. The van der Waals surface area contributed by atoms with Crippen LogP contribution in [0.1, 0.15) is 96.8 Å². The average Bonchev–Trinajstić information content (AvgIpc) is 3.19. The maximum Gasteiger partial charge on any atom is 4.00 e. The molecule has 2 fully saturated rings. The fraction of sp³-hybridized carbons (Fsp3) is 0.857. The van der Waals surface area contributed by atoms with Gasteiger partial charge in [0.05, 0.1) is 0 Å². The minimum Gasteiger partial charge on any atom is -0.501 e. The van der Waals surface area contributed by atoms with Crippen molar-refractivity contribution in [3.05, 3.63) is 18.2 Å². The molecule has 0 aromatic carbocycles. The van der Waals surface area contributed by atoms with E-state index in [1.165, 1.54) is 89.0 Å².